The molecule has 6 heteroatoms. The SMILES string of the molecule is CC.CC(=O)NCC1CN(c2ccc(-c3ccc(C#N)cc3)cc2)C(=O)O1. The van der Waals surface area contributed by atoms with E-state index in [0.29, 0.717) is 18.7 Å². The van der Waals surface area contributed by atoms with Crippen LogP contribution in [-0.4, -0.2) is 31.2 Å². The standard InChI is InChI=1S/C19H17N3O3.C2H6/c1-13(23)21-11-18-12-22(19(24)25-18)17-8-6-16(7-9-17)15-4-2-14(10-20)3-5-15;1-2/h2-9,18H,11-12H2,1H3,(H,21,23);1-2H3. The number of carbonyl (C=O) groups is 2. The Balaban J connectivity index is 0.00000126. The number of cyclic esters (lactones) is 1. The second-order valence-corrected chi connectivity index (χ2v) is 5.79. The molecule has 0 radical (unpaired) electrons. The van der Waals surface area contributed by atoms with Crippen molar-refractivity contribution in [2.45, 2.75) is 26.9 Å². The average molecular weight is 365 g/mol. The second-order valence-electron chi connectivity index (χ2n) is 5.79. The molecule has 1 N–H and O–H groups in total. The first kappa shape index (κ1) is 20.0. The summed E-state index contributed by atoms with van der Waals surface area (Å²) < 4.78 is 5.26. The van der Waals surface area contributed by atoms with E-state index in [9.17, 15) is 9.59 Å². The summed E-state index contributed by atoms with van der Waals surface area (Å²) in [5.41, 5.74) is 3.35. The monoisotopic (exact) mass is 365 g/mol. The summed E-state index contributed by atoms with van der Waals surface area (Å²) in [6.45, 7) is 6.13. The maximum Gasteiger partial charge on any atom is 0.414 e. The Hall–Kier alpha value is -3.33. The summed E-state index contributed by atoms with van der Waals surface area (Å²) in [4.78, 5) is 24.5. The number of hydrogen-bond donors (Lipinski definition) is 1. The molecule has 0 spiro atoms. The number of ether oxygens (including phenoxy) is 1. The summed E-state index contributed by atoms with van der Waals surface area (Å²) in [6, 6.07) is 17.0. The van der Waals surface area contributed by atoms with Crippen LogP contribution in [0.4, 0.5) is 10.5 Å². The molecule has 2 aromatic rings. The van der Waals surface area contributed by atoms with Crippen LogP contribution in [0, 0.1) is 11.3 Å². The third-order valence-electron chi connectivity index (χ3n) is 3.98. The molecule has 0 bridgehead atoms. The number of hydrogen-bond acceptors (Lipinski definition) is 4. The van der Waals surface area contributed by atoms with Gasteiger partial charge in [-0.3, -0.25) is 9.69 Å². The van der Waals surface area contributed by atoms with Crippen molar-refractivity contribution in [1.29, 1.82) is 5.26 Å². The molecule has 6 nitrogen and oxygen atoms in total. The summed E-state index contributed by atoms with van der Waals surface area (Å²) in [5.74, 6) is -0.152. The fourth-order valence-corrected chi connectivity index (χ4v) is 2.67. The van der Waals surface area contributed by atoms with Crippen molar-refractivity contribution in [3.8, 4) is 17.2 Å². The smallest absolute Gasteiger partial charge is 0.414 e. The average Bonchev–Trinajstić information content (AvgIpc) is 3.09. The highest BCUT2D eigenvalue weighted by Crippen LogP contribution is 2.26. The zero-order valence-electron chi connectivity index (χ0n) is 15.7. The van der Waals surface area contributed by atoms with E-state index < -0.39 is 6.09 Å². The Morgan fingerprint density at radius 2 is 1.70 bits per heavy atom. The third kappa shape index (κ3) is 5.08. The van der Waals surface area contributed by atoms with Crippen LogP contribution in [0.25, 0.3) is 11.1 Å². The topological polar surface area (TPSA) is 82.4 Å². The Bertz CT molecular complexity index is 823. The molecule has 1 atom stereocenters. The van der Waals surface area contributed by atoms with E-state index in [2.05, 4.69) is 11.4 Å². The van der Waals surface area contributed by atoms with Crippen LogP contribution in [-0.2, 0) is 9.53 Å². The minimum absolute atomic E-state index is 0.152. The number of nitrogens with zero attached hydrogens (tertiary/aromatic N) is 2. The fourth-order valence-electron chi connectivity index (χ4n) is 2.67. The van der Waals surface area contributed by atoms with Crippen LogP contribution in [0.5, 0.6) is 0 Å². The lowest BCUT2D eigenvalue weighted by Crippen LogP contribution is -2.33. The van der Waals surface area contributed by atoms with Gasteiger partial charge in [-0.1, -0.05) is 38.1 Å². The molecule has 2 amide bonds. The van der Waals surface area contributed by atoms with Gasteiger partial charge in [-0.25, -0.2) is 4.79 Å². The van der Waals surface area contributed by atoms with Crippen LogP contribution < -0.4 is 10.2 Å². The predicted octanol–water partition coefficient (Wildman–Crippen LogP) is 3.71. The van der Waals surface area contributed by atoms with Gasteiger partial charge in [0.2, 0.25) is 5.91 Å². The first-order valence-corrected chi connectivity index (χ1v) is 8.90. The molecule has 1 saturated heterocycles. The normalized spacial score (nSPS) is 15.3. The molecule has 3 rings (SSSR count). The summed E-state index contributed by atoms with van der Waals surface area (Å²) >= 11 is 0. The first-order valence-electron chi connectivity index (χ1n) is 8.90. The van der Waals surface area contributed by atoms with Gasteiger partial charge in [-0.2, -0.15) is 5.26 Å². The summed E-state index contributed by atoms with van der Waals surface area (Å²) in [6.07, 6.45) is -0.768. The number of benzene rings is 2. The van der Waals surface area contributed by atoms with E-state index in [0.717, 1.165) is 16.8 Å². The molecule has 0 aliphatic carbocycles. The van der Waals surface area contributed by atoms with Gasteiger partial charge in [0, 0.05) is 12.6 Å². The maximum absolute atomic E-state index is 12.0. The van der Waals surface area contributed by atoms with Gasteiger partial charge >= 0.3 is 6.09 Å². The van der Waals surface area contributed by atoms with Crippen molar-refractivity contribution in [1.82, 2.24) is 5.32 Å². The van der Waals surface area contributed by atoms with Gasteiger partial charge in [0.1, 0.15) is 6.10 Å². The Kier molecular flexibility index (Phi) is 6.95. The van der Waals surface area contributed by atoms with Crippen molar-refractivity contribution >= 4 is 17.7 Å². The fraction of sp³-hybridized carbons (Fsp3) is 0.286. The molecule has 140 valence electrons. The Morgan fingerprint density at radius 3 is 2.22 bits per heavy atom. The number of nitrogens with one attached hydrogen (secondary N) is 1. The van der Waals surface area contributed by atoms with E-state index in [4.69, 9.17) is 10.00 Å². The third-order valence-corrected chi connectivity index (χ3v) is 3.98. The van der Waals surface area contributed by atoms with Crippen LogP contribution in [0.3, 0.4) is 0 Å². The van der Waals surface area contributed by atoms with Gasteiger partial charge in [0.15, 0.2) is 0 Å². The maximum atomic E-state index is 12.0. The minimum Gasteiger partial charge on any atom is -0.442 e. The van der Waals surface area contributed by atoms with Crippen molar-refractivity contribution < 1.29 is 14.3 Å². The molecule has 0 aromatic heterocycles. The minimum atomic E-state index is -0.415. The number of carbonyl (C=O) groups excluding carboxylic acids is 2. The van der Waals surface area contributed by atoms with Gasteiger partial charge < -0.3 is 10.1 Å². The van der Waals surface area contributed by atoms with Gasteiger partial charge in [-0.05, 0) is 35.4 Å². The lowest BCUT2D eigenvalue weighted by molar-refractivity contribution is -0.119. The molecular weight excluding hydrogens is 342 g/mol. The van der Waals surface area contributed by atoms with Gasteiger partial charge in [0.25, 0.3) is 0 Å². The first-order chi connectivity index (χ1) is 13.1. The highest BCUT2D eigenvalue weighted by molar-refractivity contribution is 5.90. The van der Waals surface area contributed by atoms with Crippen LogP contribution in [0.2, 0.25) is 0 Å². The van der Waals surface area contributed by atoms with Gasteiger partial charge in [-0.15, -0.1) is 0 Å². The quantitative estimate of drug-likeness (QED) is 0.895. The molecule has 2 aromatic carbocycles. The zero-order chi connectivity index (χ0) is 19.8. The van der Waals surface area contributed by atoms with Crippen LogP contribution >= 0.6 is 0 Å². The highest BCUT2D eigenvalue weighted by Gasteiger charge is 2.32. The van der Waals surface area contributed by atoms with Crippen molar-refractivity contribution in [2.75, 3.05) is 18.0 Å². The highest BCUT2D eigenvalue weighted by atomic mass is 16.6. The molecule has 0 saturated carbocycles. The predicted molar refractivity (Wildman–Crippen MR) is 104 cm³/mol. The number of anilines is 1. The number of rotatable bonds is 4. The second kappa shape index (κ2) is 9.39. The molecular formula is C21H23N3O3. The number of amides is 2. The molecule has 27 heavy (non-hydrogen) atoms. The lowest BCUT2D eigenvalue weighted by atomic mass is 10.0. The van der Waals surface area contributed by atoms with Gasteiger partial charge in [0.05, 0.1) is 24.7 Å². The van der Waals surface area contributed by atoms with E-state index in [-0.39, 0.29) is 12.0 Å². The van der Waals surface area contributed by atoms with Crippen LogP contribution in [0.1, 0.15) is 26.3 Å². The van der Waals surface area contributed by atoms with Crippen molar-refractivity contribution in [3.63, 3.8) is 0 Å². The van der Waals surface area contributed by atoms with E-state index >= 15 is 0 Å². The molecule has 1 heterocycles. The van der Waals surface area contributed by atoms with Crippen molar-refractivity contribution in [3.05, 3.63) is 54.1 Å². The lowest BCUT2D eigenvalue weighted by Gasteiger charge is -2.13. The van der Waals surface area contributed by atoms with E-state index in [1.54, 1.807) is 17.0 Å². The van der Waals surface area contributed by atoms with Crippen LogP contribution in [0.15, 0.2) is 48.5 Å². The molecule has 1 aliphatic rings. The largest absolute Gasteiger partial charge is 0.442 e. The Labute approximate surface area is 159 Å². The van der Waals surface area contributed by atoms with E-state index in [1.165, 1.54) is 6.92 Å². The Morgan fingerprint density at radius 1 is 1.15 bits per heavy atom. The summed E-state index contributed by atoms with van der Waals surface area (Å²) in [5, 5.41) is 11.5. The molecule has 1 fully saturated rings. The summed E-state index contributed by atoms with van der Waals surface area (Å²) in [7, 11) is 0. The zero-order valence-corrected chi connectivity index (χ0v) is 15.7. The number of nitriles is 1. The van der Waals surface area contributed by atoms with Crippen molar-refractivity contribution in [2.24, 2.45) is 0 Å². The van der Waals surface area contributed by atoms with E-state index in [1.807, 2.05) is 50.2 Å². The molecule has 1 unspecified atom stereocenters. The molecule has 1 aliphatic heterocycles.